The van der Waals surface area contributed by atoms with Crippen LogP contribution < -0.4 is 9.73 Å². The number of rotatable bonds is 9. The molecule has 1 heterocycles. The van der Waals surface area contributed by atoms with E-state index < -0.39 is 15.9 Å². The van der Waals surface area contributed by atoms with Crippen LogP contribution in [0.4, 0.5) is 5.69 Å². The first-order valence-electron chi connectivity index (χ1n) is 14.1. The van der Waals surface area contributed by atoms with Crippen LogP contribution in [0.2, 0.25) is 5.02 Å². The quantitative estimate of drug-likeness (QED) is 0.136. The normalized spacial score (nSPS) is 11.6. The third kappa shape index (κ3) is 6.61. The highest BCUT2D eigenvalue weighted by Gasteiger charge is 2.28. The molecular formula is C35H33ClN4O3S. The molecule has 1 aromatic heterocycles. The summed E-state index contributed by atoms with van der Waals surface area (Å²) in [5.41, 5.74) is 9.72. The fourth-order valence-corrected chi connectivity index (χ4v) is 6.60. The van der Waals surface area contributed by atoms with Crippen molar-refractivity contribution in [2.45, 2.75) is 39.1 Å². The average molecular weight is 625 g/mol. The van der Waals surface area contributed by atoms with Gasteiger partial charge in [-0.1, -0.05) is 71.3 Å². The maximum atomic E-state index is 14.0. The highest BCUT2D eigenvalue weighted by Crippen LogP contribution is 2.30. The average Bonchev–Trinajstić information content (AvgIpc) is 3.29. The molecule has 0 aliphatic rings. The molecule has 7 nitrogen and oxygen atoms in total. The smallest absolute Gasteiger partial charge is 0.273 e. The van der Waals surface area contributed by atoms with E-state index in [-0.39, 0.29) is 22.7 Å². The molecule has 0 saturated carbocycles. The van der Waals surface area contributed by atoms with Gasteiger partial charge in [-0.05, 0) is 87.9 Å². The lowest BCUT2D eigenvalue weighted by molar-refractivity contribution is 0.0955. The van der Waals surface area contributed by atoms with Gasteiger partial charge in [0, 0.05) is 27.7 Å². The number of para-hydroxylation sites is 1. The van der Waals surface area contributed by atoms with Gasteiger partial charge in [0.05, 0.1) is 28.9 Å². The standard InChI is InChI=1S/C35H33ClN4O3S/c1-24-9-17-31(18-10-24)40-26(3)21-29(27(40)4)22-37-38-35(41)33-7-5-6-8-34(33)39(23-28-13-15-30(36)16-14-28)44(42,43)32-19-11-25(2)12-20-32/h5-22H,23H2,1-4H3,(H,38,41)/b37-22-. The van der Waals surface area contributed by atoms with E-state index in [2.05, 4.69) is 39.4 Å². The van der Waals surface area contributed by atoms with Gasteiger partial charge in [0.2, 0.25) is 0 Å². The minimum Gasteiger partial charge on any atom is -0.318 e. The maximum Gasteiger partial charge on any atom is 0.273 e. The van der Waals surface area contributed by atoms with Crippen molar-refractivity contribution in [2.75, 3.05) is 4.31 Å². The maximum absolute atomic E-state index is 14.0. The van der Waals surface area contributed by atoms with Crippen molar-refractivity contribution in [3.05, 3.63) is 147 Å². The minimum absolute atomic E-state index is 0.00800. The largest absolute Gasteiger partial charge is 0.318 e. The molecule has 0 aliphatic carbocycles. The van der Waals surface area contributed by atoms with Crippen LogP contribution in [0, 0.1) is 27.7 Å². The van der Waals surface area contributed by atoms with Gasteiger partial charge in [0.15, 0.2) is 0 Å². The van der Waals surface area contributed by atoms with E-state index in [1.165, 1.54) is 9.87 Å². The molecule has 0 saturated heterocycles. The van der Waals surface area contributed by atoms with E-state index >= 15 is 0 Å². The monoisotopic (exact) mass is 624 g/mol. The summed E-state index contributed by atoms with van der Waals surface area (Å²) in [4.78, 5) is 13.6. The van der Waals surface area contributed by atoms with E-state index in [4.69, 9.17) is 11.6 Å². The summed E-state index contributed by atoms with van der Waals surface area (Å²) < 4.78 is 31.4. The van der Waals surface area contributed by atoms with Gasteiger partial charge < -0.3 is 4.57 Å². The Bertz CT molecular complexity index is 1930. The first kappa shape index (κ1) is 30.8. The van der Waals surface area contributed by atoms with Crippen LogP contribution in [0.25, 0.3) is 5.69 Å². The number of sulfonamides is 1. The molecule has 5 aromatic rings. The lowest BCUT2D eigenvalue weighted by atomic mass is 10.1. The predicted molar refractivity (Wildman–Crippen MR) is 177 cm³/mol. The molecule has 0 bridgehead atoms. The second kappa shape index (κ2) is 12.9. The lowest BCUT2D eigenvalue weighted by Gasteiger charge is -2.26. The Morgan fingerprint density at radius 3 is 2.14 bits per heavy atom. The molecule has 0 spiro atoms. The van der Waals surface area contributed by atoms with E-state index in [1.54, 1.807) is 79.0 Å². The molecule has 5 rings (SSSR count). The molecular weight excluding hydrogens is 592 g/mol. The van der Waals surface area contributed by atoms with Crippen molar-refractivity contribution in [1.82, 2.24) is 9.99 Å². The first-order valence-corrected chi connectivity index (χ1v) is 15.9. The van der Waals surface area contributed by atoms with Crippen molar-refractivity contribution in [2.24, 2.45) is 5.10 Å². The highest BCUT2D eigenvalue weighted by molar-refractivity contribution is 7.92. The SMILES string of the molecule is Cc1ccc(-n2c(C)cc(/C=N\NC(=O)c3ccccc3N(Cc3ccc(Cl)cc3)S(=O)(=O)c3ccc(C)cc3)c2C)cc1. The van der Waals surface area contributed by atoms with Gasteiger partial charge in [0.25, 0.3) is 15.9 Å². The summed E-state index contributed by atoms with van der Waals surface area (Å²) >= 11 is 6.08. The molecule has 0 fully saturated rings. The van der Waals surface area contributed by atoms with Crippen LogP contribution in [0.5, 0.6) is 0 Å². The van der Waals surface area contributed by atoms with E-state index in [0.29, 0.717) is 10.6 Å². The van der Waals surface area contributed by atoms with Crippen molar-refractivity contribution in [3.63, 3.8) is 0 Å². The number of halogens is 1. The molecule has 0 atom stereocenters. The number of carbonyl (C=O) groups is 1. The molecule has 1 N–H and O–H groups in total. The van der Waals surface area contributed by atoms with Crippen molar-refractivity contribution >= 4 is 39.4 Å². The van der Waals surface area contributed by atoms with Crippen LogP contribution >= 0.6 is 11.6 Å². The second-order valence-corrected chi connectivity index (χ2v) is 13.0. The number of aryl methyl sites for hydroxylation is 3. The summed E-state index contributed by atoms with van der Waals surface area (Å²) in [6.07, 6.45) is 1.60. The van der Waals surface area contributed by atoms with Crippen LogP contribution in [0.1, 0.15) is 44.0 Å². The van der Waals surface area contributed by atoms with E-state index in [1.807, 2.05) is 33.8 Å². The third-order valence-electron chi connectivity index (χ3n) is 7.40. The van der Waals surface area contributed by atoms with Crippen molar-refractivity contribution in [1.29, 1.82) is 0 Å². The third-order valence-corrected chi connectivity index (χ3v) is 9.42. The van der Waals surface area contributed by atoms with Crippen LogP contribution in [-0.2, 0) is 16.6 Å². The fraction of sp³-hybridized carbons (Fsp3) is 0.143. The summed E-state index contributed by atoms with van der Waals surface area (Å²) in [6.45, 7) is 7.94. The predicted octanol–water partition coefficient (Wildman–Crippen LogP) is 7.52. The molecule has 0 radical (unpaired) electrons. The zero-order valence-electron chi connectivity index (χ0n) is 25.0. The number of aromatic nitrogens is 1. The molecule has 9 heteroatoms. The lowest BCUT2D eigenvalue weighted by Crippen LogP contribution is -2.33. The van der Waals surface area contributed by atoms with Crippen LogP contribution in [-0.4, -0.2) is 25.1 Å². The Balaban J connectivity index is 1.46. The van der Waals surface area contributed by atoms with Gasteiger partial charge in [-0.25, -0.2) is 13.8 Å². The fourth-order valence-electron chi connectivity index (χ4n) is 5.01. The Morgan fingerprint density at radius 2 is 1.48 bits per heavy atom. The Labute approximate surface area is 263 Å². The summed E-state index contributed by atoms with van der Waals surface area (Å²) in [7, 11) is -4.06. The molecule has 4 aromatic carbocycles. The molecule has 0 aliphatic heterocycles. The van der Waals surface area contributed by atoms with Crippen molar-refractivity contribution in [3.8, 4) is 5.69 Å². The Hall–Kier alpha value is -4.66. The zero-order valence-corrected chi connectivity index (χ0v) is 26.5. The number of hydrogen-bond donors (Lipinski definition) is 1. The first-order chi connectivity index (χ1) is 21.0. The number of anilines is 1. The number of hydrazone groups is 1. The molecule has 224 valence electrons. The molecule has 0 unspecified atom stereocenters. The second-order valence-electron chi connectivity index (χ2n) is 10.7. The van der Waals surface area contributed by atoms with Crippen LogP contribution in [0.3, 0.4) is 0 Å². The van der Waals surface area contributed by atoms with Crippen LogP contribution in [0.15, 0.2) is 113 Å². The van der Waals surface area contributed by atoms with Gasteiger partial charge in [-0.2, -0.15) is 5.10 Å². The molecule has 1 amide bonds. The zero-order chi connectivity index (χ0) is 31.4. The van der Waals surface area contributed by atoms with Gasteiger partial charge in [-0.3, -0.25) is 9.10 Å². The number of nitrogens with zero attached hydrogens (tertiary/aromatic N) is 3. The Morgan fingerprint density at radius 1 is 0.864 bits per heavy atom. The summed E-state index contributed by atoms with van der Waals surface area (Å²) in [5, 5.41) is 4.79. The highest BCUT2D eigenvalue weighted by atomic mass is 35.5. The molecule has 44 heavy (non-hydrogen) atoms. The van der Waals surface area contributed by atoms with Gasteiger partial charge in [0.1, 0.15) is 0 Å². The number of hydrogen-bond acceptors (Lipinski definition) is 4. The topological polar surface area (TPSA) is 83.8 Å². The number of benzene rings is 4. The van der Waals surface area contributed by atoms with E-state index in [0.717, 1.165) is 28.2 Å². The van der Waals surface area contributed by atoms with Crippen molar-refractivity contribution < 1.29 is 13.2 Å². The van der Waals surface area contributed by atoms with Gasteiger partial charge in [-0.15, -0.1) is 0 Å². The Kier molecular flexibility index (Phi) is 9.04. The minimum atomic E-state index is -4.06. The van der Waals surface area contributed by atoms with E-state index in [9.17, 15) is 13.2 Å². The summed E-state index contributed by atoms with van der Waals surface area (Å²) in [5.74, 6) is -0.538. The number of nitrogens with one attached hydrogen (secondary N) is 1. The van der Waals surface area contributed by atoms with Gasteiger partial charge >= 0.3 is 0 Å². The number of carbonyl (C=O) groups excluding carboxylic acids is 1. The number of amides is 1. The summed E-state index contributed by atoms with van der Waals surface area (Å²) in [6, 6.07) is 30.4.